The van der Waals surface area contributed by atoms with Crippen molar-refractivity contribution in [2.45, 2.75) is 32.9 Å². The first-order valence-corrected chi connectivity index (χ1v) is 12.3. The van der Waals surface area contributed by atoms with Crippen LogP contribution in [0.3, 0.4) is 0 Å². The van der Waals surface area contributed by atoms with Gasteiger partial charge in [0.1, 0.15) is 0 Å². The molecule has 1 N–H and O–H groups in total. The van der Waals surface area contributed by atoms with Gasteiger partial charge in [-0.3, -0.25) is 9.69 Å². The van der Waals surface area contributed by atoms with E-state index in [1.807, 2.05) is 0 Å². The van der Waals surface area contributed by atoms with Crippen LogP contribution in [0.2, 0.25) is 0 Å². The molecule has 0 bridgehead atoms. The standard InChI is InChI=1S/C27H32F3N5O/c1-20-7-5-9-23(17-20)34-15-13-33(14-16-34)12-4-3-11-31-26(36)25-19-32-35(21(25)2)24-10-6-8-22(18-24)27(28,29)30/h5-10,17-19H,3-4,11-16H2,1-2H3,(H,31,36). The zero-order valence-electron chi connectivity index (χ0n) is 20.7. The lowest BCUT2D eigenvalue weighted by Crippen LogP contribution is -2.46. The second kappa shape index (κ2) is 11.2. The van der Waals surface area contributed by atoms with Crippen LogP contribution in [0.15, 0.2) is 54.7 Å². The highest BCUT2D eigenvalue weighted by atomic mass is 19.4. The molecule has 6 nitrogen and oxygen atoms in total. The number of halogens is 3. The Morgan fingerprint density at radius 2 is 1.69 bits per heavy atom. The molecule has 2 aromatic carbocycles. The molecule has 192 valence electrons. The van der Waals surface area contributed by atoms with Gasteiger partial charge < -0.3 is 10.2 Å². The van der Waals surface area contributed by atoms with Crippen LogP contribution in [0, 0.1) is 13.8 Å². The predicted octanol–water partition coefficient (Wildman–Crippen LogP) is 4.84. The fraction of sp³-hybridized carbons (Fsp3) is 0.407. The molecule has 1 amide bonds. The molecule has 0 radical (unpaired) electrons. The number of carbonyl (C=O) groups excluding carboxylic acids is 1. The van der Waals surface area contributed by atoms with Gasteiger partial charge in [-0.25, -0.2) is 4.68 Å². The number of piperazine rings is 1. The van der Waals surface area contributed by atoms with Gasteiger partial charge in [0, 0.05) is 38.4 Å². The summed E-state index contributed by atoms with van der Waals surface area (Å²) in [6.45, 7) is 9.38. The normalized spacial score (nSPS) is 14.8. The summed E-state index contributed by atoms with van der Waals surface area (Å²) in [5, 5.41) is 7.06. The van der Waals surface area contributed by atoms with E-state index in [2.05, 4.69) is 51.4 Å². The van der Waals surface area contributed by atoms with E-state index in [1.165, 1.54) is 34.3 Å². The average molecular weight is 500 g/mol. The van der Waals surface area contributed by atoms with E-state index in [0.717, 1.165) is 57.7 Å². The maximum absolute atomic E-state index is 13.0. The maximum atomic E-state index is 13.0. The number of amides is 1. The Labute approximate surface area is 209 Å². The average Bonchev–Trinajstić information content (AvgIpc) is 3.25. The Bertz CT molecular complexity index is 1180. The van der Waals surface area contributed by atoms with Gasteiger partial charge in [0.05, 0.1) is 28.7 Å². The highest BCUT2D eigenvalue weighted by molar-refractivity contribution is 5.95. The first kappa shape index (κ1) is 25.8. The van der Waals surface area contributed by atoms with Crippen LogP contribution in [0.25, 0.3) is 5.69 Å². The quantitative estimate of drug-likeness (QED) is 0.451. The Balaban J connectivity index is 1.20. The minimum absolute atomic E-state index is 0.266. The van der Waals surface area contributed by atoms with Gasteiger partial charge in [0.15, 0.2) is 0 Å². The third-order valence-corrected chi connectivity index (χ3v) is 6.60. The number of anilines is 1. The van der Waals surface area contributed by atoms with Crippen molar-refractivity contribution in [1.29, 1.82) is 0 Å². The summed E-state index contributed by atoms with van der Waals surface area (Å²) in [5.41, 5.74) is 2.93. The fourth-order valence-corrected chi connectivity index (χ4v) is 4.52. The Morgan fingerprint density at radius 1 is 0.972 bits per heavy atom. The smallest absolute Gasteiger partial charge is 0.369 e. The topological polar surface area (TPSA) is 53.4 Å². The van der Waals surface area contributed by atoms with E-state index in [-0.39, 0.29) is 11.6 Å². The number of nitrogens with one attached hydrogen (secondary N) is 1. The van der Waals surface area contributed by atoms with E-state index in [9.17, 15) is 18.0 Å². The lowest BCUT2D eigenvalue weighted by molar-refractivity contribution is -0.137. The molecule has 0 atom stereocenters. The van der Waals surface area contributed by atoms with Gasteiger partial charge in [-0.15, -0.1) is 0 Å². The van der Waals surface area contributed by atoms with Crippen molar-refractivity contribution in [1.82, 2.24) is 20.0 Å². The van der Waals surface area contributed by atoms with Crippen molar-refractivity contribution in [3.05, 3.63) is 77.1 Å². The first-order valence-electron chi connectivity index (χ1n) is 12.3. The number of unbranched alkanes of at least 4 members (excludes halogenated alkanes) is 1. The van der Waals surface area contributed by atoms with Crippen LogP contribution < -0.4 is 10.2 Å². The second-order valence-corrected chi connectivity index (χ2v) is 9.23. The van der Waals surface area contributed by atoms with Crippen LogP contribution in [0.4, 0.5) is 18.9 Å². The van der Waals surface area contributed by atoms with E-state index >= 15 is 0 Å². The zero-order valence-corrected chi connectivity index (χ0v) is 20.7. The molecule has 36 heavy (non-hydrogen) atoms. The number of alkyl halides is 3. The lowest BCUT2D eigenvalue weighted by Gasteiger charge is -2.36. The summed E-state index contributed by atoms with van der Waals surface area (Å²) in [6.07, 6.45) is -1.21. The summed E-state index contributed by atoms with van der Waals surface area (Å²) >= 11 is 0. The molecule has 9 heteroatoms. The van der Waals surface area contributed by atoms with Crippen LogP contribution in [-0.2, 0) is 6.18 Å². The van der Waals surface area contributed by atoms with Crippen molar-refractivity contribution in [2.24, 2.45) is 0 Å². The molecular formula is C27H32F3N5O. The zero-order chi connectivity index (χ0) is 25.7. The van der Waals surface area contributed by atoms with Crippen molar-refractivity contribution in [3.63, 3.8) is 0 Å². The number of nitrogens with zero attached hydrogens (tertiary/aromatic N) is 4. The fourth-order valence-electron chi connectivity index (χ4n) is 4.52. The number of carbonyl (C=O) groups is 1. The SMILES string of the molecule is Cc1cccc(N2CCN(CCCCNC(=O)c3cnn(-c4cccc(C(F)(F)F)c4)c3C)CC2)c1. The van der Waals surface area contributed by atoms with Crippen LogP contribution in [0.1, 0.15) is 40.0 Å². The van der Waals surface area contributed by atoms with Crippen LogP contribution in [0.5, 0.6) is 0 Å². The second-order valence-electron chi connectivity index (χ2n) is 9.23. The molecule has 1 aromatic heterocycles. The number of rotatable bonds is 8. The summed E-state index contributed by atoms with van der Waals surface area (Å²) < 4.78 is 40.5. The minimum Gasteiger partial charge on any atom is -0.369 e. The molecule has 0 unspecified atom stereocenters. The molecule has 2 heterocycles. The van der Waals surface area contributed by atoms with Crippen molar-refractivity contribution < 1.29 is 18.0 Å². The van der Waals surface area contributed by atoms with E-state index in [0.29, 0.717) is 17.8 Å². The predicted molar refractivity (Wildman–Crippen MR) is 135 cm³/mol. The van der Waals surface area contributed by atoms with Crippen molar-refractivity contribution in [3.8, 4) is 5.69 Å². The molecule has 0 spiro atoms. The van der Waals surface area contributed by atoms with Gasteiger partial charge in [-0.05, 0) is 69.1 Å². The van der Waals surface area contributed by atoms with Crippen LogP contribution >= 0.6 is 0 Å². The number of benzene rings is 2. The number of hydrogen-bond acceptors (Lipinski definition) is 4. The van der Waals surface area contributed by atoms with E-state index < -0.39 is 11.7 Å². The number of aromatic nitrogens is 2. The Morgan fingerprint density at radius 3 is 2.42 bits per heavy atom. The molecule has 4 rings (SSSR count). The molecule has 3 aromatic rings. The molecule has 0 saturated carbocycles. The molecule has 1 fully saturated rings. The Hall–Kier alpha value is -3.33. The van der Waals surface area contributed by atoms with Crippen molar-refractivity contribution >= 4 is 11.6 Å². The molecule has 0 aliphatic carbocycles. The maximum Gasteiger partial charge on any atom is 0.416 e. The summed E-state index contributed by atoms with van der Waals surface area (Å²) in [6, 6.07) is 13.5. The van der Waals surface area contributed by atoms with Crippen LogP contribution in [-0.4, -0.2) is 59.9 Å². The largest absolute Gasteiger partial charge is 0.416 e. The summed E-state index contributed by atoms with van der Waals surface area (Å²) in [5.74, 6) is -0.266. The number of hydrogen-bond donors (Lipinski definition) is 1. The molecule has 1 aliphatic rings. The first-order chi connectivity index (χ1) is 17.2. The highest BCUT2D eigenvalue weighted by Gasteiger charge is 2.30. The summed E-state index contributed by atoms with van der Waals surface area (Å²) in [4.78, 5) is 17.5. The Kier molecular flexibility index (Phi) is 7.98. The van der Waals surface area contributed by atoms with E-state index in [1.54, 1.807) is 6.92 Å². The molecular weight excluding hydrogens is 467 g/mol. The minimum atomic E-state index is -4.44. The van der Waals surface area contributed by atoms with E-state index in [4.69, 9.17) is 0 Å². The summed E-state index contributed by atoms with van der Waals surface area (Å²) in [7, 11) is 0. The van der Waals surface area contributed by atoms with Gasteiger partial charge in [-0.1, -0.05) is 18.2 Å². The third-order valence-electron chi connectivity index (χ3n) is 6.60. The monoisotopic (exact) mass is 499 g/mol. The molecule has 1 saturated heterocycles. The van der Waals surface area contributed by atoms with Gasteiger partial charge in [0.25, 0.3) is 5.91 Å². The van der Waals surface area contributed by atoms with Gasteiger partial charge in [-0.2, -0.15) is 18.3 Å². The van der Waals surface area contributed by atoms with Gasteiger partial charge >= 0.3 is 6.18 Å². The molecule has 1 aliphatic heterocycles. The van der Waals surface area contributed by atoms with Gasteiger partial charge in [0.2, 0.25) is 0 Å². The van der Waals surface area contributed by atoms with Crippen molar-refractivity contribution in [2.75, 3.05) is 44.2 Å². The third kappa shape index (κ3) is 6.26. The number of aryl methyl sites for hydroxylation is 1. The highest BCUT2D eigenvalue weighted by Crippen LogP contribution is 2.30. The lowest BCUT2D eigenvalue weighted by atomic mass is 10.2.